The Morgan fingerprint density at radius 3 is 2.70 bits per heavy atom. The molecule has 1 aromatic carbocycles. The number of nitrogens with zero attached hydrogens (tertiary/aromatic N) is 2. The van der Waals surface area contributed by atoms with E-state index >= 15 is 0 Å². The van der Waals surface area contributed by atoms with E-state index in [9.17, 15) is 4.39 Å². The van der Waals surface area contributed by atoms with Crippen LogP contribution in [0.2, 0.25) is 5.02 Å². The second kappa shape index (κ2) is 6.66. The summed E-state index contributed by atoms with van der Waals surface area (Å²) in [5.41, 5.74) is 1.82. The molecule has 20 heavy (non-hydrogen) atoms. The molecule has 1 heterocycles. The second-order valence-corrected chi connectivity index (χ2v) is 4.98. The molecule has 0 radical (unpaired) electrons. The SMILES string of the molecule is CCCc1cc(NC)nc(Cc2ccc(F)cc2Cl)n1. The van der Waals surface area contributed by atoms with Crippen molar-refractivity contribution in [2.45, 2.75) is 26.2 Å². The van der Waals surface area contributed by atoms with E-state index in [1.807, 2.05) is 13.1 Å². The standard InChI is InChI=1S/C15H17ClFN3/c1-3-4-12-9-14(18-2)20-15(19-12)7-10-5-6-11(17)8-13(10)16/h5-6,8-9H,3-4,7H2,1-2H3,(H,18,19,20). The largest absolute Gasteiger partial charge is 0.373 e. The lowest BCUT2D eigenvalue weighted by Crippen LogP contribution is -2.05. The van der Waals surface area contributed by atoms with Gasteiger partial charge in [0.1, 0.15) is 17.5 Å². The third-order valence-corrected chi connectivity index (χ3v) is 3.30. The van der Waals surface area contributed by atoms with Crippen molar-refractivity contribution in [3.05, 3.63) is 52.2 Å². The zero-order chi connectivity index (χ0) is 14.5. The van der Waals surface area contributed by atoms with Gasteiger partial charge in [-0.15, -0.1) is 0 Å². The minimum atomic E-state index is -0.338. The normalized spacial score (nSPS) is 10.6. The zero-order valence-electron chi connectivity index (χ0n) is 11.6. The molecule has 0 aliphatic heterocycles. The highest BCUT2D eigenvalue weighted by molar-refractivity contribution is 6.31. The first-order valence-electron chi connectivity index (χ1n) is 6.61. The topological polar surface area (TPSA) is 37.8 Å². The molecule has 0 aliphatic rings. The van der Waals surface area contributed by atoms with Gasteiger partial charge in [-0.05, 0) is 24.1 Å². The van der Waals surface area contributed by atoms with E-state index in [0.29, 0.717) is 17.3 Å². The summed E-state index contributed by atoms with van der Waals surface area (Å²) in [6.45, 7) is 2.11. The van der Waals surface area contributed by atoms with Crippen LogP contribution in [-0.4, -0.2) is 17.0 Å². The maximum absolute atomic E-state index is 13.0. The van der Waals surface area contributed by atoms with Crippen LogP contribution in [0.4, 0.5) is 10.2 Å². The van der Waals surface area contributed by atoms with E-state index in [2.05, 4.69) is 22.2 Å². The minimum absolute atomic E-state index is 0.338. The molecule has 0 amide bonds. The third kappa shape index (κ3) is 3.67. The molecule has 5 heteroatoms. The van der Waals surface area contributed by atoms with E-state index < -0.39 is 0 Å². The second-order valence-electron chi connectivity index (χ2n) is 4.57. The van der Waals surface area contributed by atoms with Gasteiger partial charge in [0.05, 0.1) is 0 Å². The zero-order valence-corrected chi connectivity index (χ0v) is 12.3. The molecule has 0 saturated heterocycles. The van der Waals surface area contributed by atoms with Crippen LogP contribution in [0.15, 0.2) is 24.3 Å². The number of hydrogen-bond donors (Lipinski definition) is 1. The lowest BCUT2D eigenvalue weighted by atomic mass is 10.1. The average molecular weight is 294 g/mol. The van der Waals surface area contributed by atoms with Crippen molar-refractivity contribution >= 4 is 17.4 Å². The smallest absolute Gasteiger partial charge is 0.135 e. The van der Waals surface area contributed by atoms with Crippen LogP contribution < -0.4 is 5.32 Å². The summed E-state index contributed by atoms with van der Waals surface area (Å²) in [4.78, 5) is 8.94. The molecule has 0 atom stereocenters. The fraction of sp³-hybridized carbons (Fsp3) is 0.333. The van der Waals surface area contributed by atoms with Crippen LogP contribution in [0, 0.1) is 5.82 Å². The van der Waals surface area contributed by atoms with Crippen LogP contribution in [-0.2, 0) is 12.8 Å². The summed E-state index contributed by atoms with van der Waals surface area (Å²) < 4.78 is 13.0. The first-order chi connectivity index (χ1) is 9.62. The van der Waals surface area contributed by atoms with Crippen molar-refractivity contribution < 1.29 is 4.39 Å². The minimum Gasteiger partial charge on any atom is -0.373 e. The lowest BCUT2D eigenvalue weighted by Gasteiger charge is -2.08. The number of benzene rings is 1. The Bertz CT molecular complexity index is 602. The maximum atomic E-state index is 13.0. The quantitative estimate of drug-likeness (QED) is 0.910. The highest BCUT2D eigenvalue weighted by atomic mass is 35.5. The average Bonchev–Trinajstić information content (AvgIpc) is 2.42. The van der Waals surface area contributed by atoms with Crippen molar-refractivity contribution in [3.8, 4) is 0 Å². The van der Waals surface area contributed by atoms with E-state index in [4.69, 9.17) is 11.6 Å². The van der Waals surface area contributed by atoms with Gasteiger partial charge in [-0.3, -0.25) is 0 Å². The summed E-state index contributed by atoms with van der Waals surface area (Å²) in [5.74, 6) is 1.14. The predicted molar refractivity (Wildman–Crippen MR) is 79.8 cm³/mol. The number of halogens is 2. The Morgan fingerprint density at radius 2 is 2.05 bits per heavy atom. The molecule has 0 spiro atoms. The van der Waals surface area contributed by atoms with Gasteiger partial charge in [-0.2, -0.15) is 0 Å². The highest BCUT2D eigenvalue weighted by Gasteiger charge is 2.08. The van der Waals surface area contributed by atoms with Crippen molar-refractivity contribution in [2.75, 3.05) is 12.4 Å². The monoisotopic (exact) mass is 293 g/mol. The Labute approximate surface area is 123 Å². The molecule has 1 aromatic heterocycles. The van der Waals surface area contributed by atoms with Crippen LogP contribution in [0.5, 0.6) is 0 Å². The van der Waals surface area contributed by atoms with Crippen LogP contribution in [0.25, 0.3) is 0 Å². The van der Waals surface area contributed by atoms with Gasteiger partial charge in [0.2, 0.25) is 0 Å². The molecule has 0 unspecified atom stereocenters. The predicted octanol–water partition coefficient (Wildman–Crippen LogP) is 3.85. The molecule has 1 N–H and O–H groups in total. The van der Waals surface area contributed by atoms with E-state index in [1.165, 1.54) is 12.1 Å². The Hall–Kier alpha value is -1.68. The van der Waals surface area contributed by atoms with Gasteiger partial charge in [0, 0.05) is 30.3 Å². The fourth-order valence-corrected chi connectivity index (χ4v) is 2.21. The summed E-state index contributed by atoms with van der Waals surface area (Å²) in [5, 5.41) is 3.43. The van der Waals surface area contributed by atoms with Gasteiger partial charge in [0.15, 0.2) is 0 Å². The molecular weight excluding hydrogens is 277 g/mol. The summed E-state index contributed by atoms with van der Waals surface area (Å²) in [7, 11) is 1.83. The Balaban J connectivity index is 2.29. The molecule has 3 nitrogen and oxygen atoms in total. The number of aromatic nitrogens is 2. The number of anilines is 1. The van der Waals surface area contributed by atoms with Gasteiger partial charge < -0.3 is 5.32 Å². The van der Waals surface area contributed by atoms with Gasteiger partial charge in [0.25, 0.3) is 0 Å². The van der Waals surface area contributed by atoms with Crippen molar-refractivity contribution in [3.63, 3.8) is 0 Å². The van der Waals surface area contributed by atoms with Crippen molar-refractivity contribution in [1.82, 2.24) is 9.97 Å². The Morgan fingerprint density at radius 1 is 1.25 bits per heavy atom. The molecule has 2 aromatic rings. The van der Waals surface area contributed by atoms with E-state index in [0.717, 1.165) is 29.9 Å². The highest BCUT2D eigenvalue weighted by Crippen LogP contribution is 2.20. The molecule has 0 fully saturated rings. The maximum Gasteiger partial charge on any atom is 0.135 e. The molecule has 0 aliphatic carbocycles. The van der Waals surface area contributed by atoms with Gasteiger partial charge >= 0.3 is 0 Å². The number of aryl methyl sites for hydroxylation is 1. The van der Waals surface area contributed by atoms with E-state index in [1.54, 1.807) is 6.07 Å². The molecule has 106 valence electrons. The van der Waals surface area contributed by atoms with Crippen LogP contribution in [0.3, 0.4) is 0 Å². The summed E-state index contributed by atoms with van der Waals surface area (Å²) in [6, 6.07) is 6.33. The summed E-state index contributed by atoms with van der Waals surface area (Å²) >= 11 is 6.04. The van der Waals surface area contributed by atoms with Crippen LogP contribution in [0.1, 0.15) is 30.4 Å². The van der Waals surface area contributed by atoms with Gasteiger partial charge in [-0.25, -0.2) is 14.4 Å². The number of rotatable bonds is 5. The van der Waals surface area contributed by atoms with Crippen molar-refractivity contribution in [1.29, 1.82) is 0 Å². The van der Waals surface area contributed by atoms with Gasteiger partial charge in [-0.1, -0.05) is 31.0 Å². The van der Waals surface area contributed by atoms with Crippen molar-refractivity contribution in [2.24, 2.45) is 0 Å². The fourth-order valence-electron chi connectivity index (χ4n) is 1.98. The molecular formula is C15H17ClFN3. The van der Waals surface area contributed by atoms with Crippen LogP contribution >= 0.6 is 11.6 Å². The lowest BCUT2D eigenvalue weighted by molar-refractivity contribution is 0.627. The summed E-state index contributed by atoms with van der Waals surface area (Å²) in [6.07, 6.45) is 2.42. The first-order valence-corrected chi connectivity index (χ1v) is 6.98. The van der Waals surface area contributed by atoms with E-state index in [-0.39, 0.29) is 5.82 Å². The number of hydrogen-bond acceptors (Lipinski definition) is 3. The number of nitrogens with one attached hydrogen (secondary N) is 1. The molecule has 0 saturated carbocycles. The first kappa shape index (κ1) is 14.7. The molecule has 2 rings (SSSR count). The third-order valence-electron chi connectivity index (χ3n) is 2.95. The Kier molecular flexibility index (Phi) is 4.90. The molecule has 0 bridgehead atoms.